The average Bonchev–Trinajstić information content (AvgIpc) is 2.78. The van der Waals surface area contributed by atoms with Gasteiger partial charge in [-0.3, -0.25) is 4.57 Å². The zero-order valence-corrected chi connectivity index (χ0v) is 9.58. The molecule has 0 N–H and O–H groups in total. The number of nitrogens with zero attached hydrogens (tertiary/aromatic N) is 4. The molecule has 0 aliphatic carbocycles. The zero-order chi connectivity index (χ0) is 11.5. The fourth-order valence-electron chi connectivity index (χ4n) is 1.47. The number of ether oxygens (including phenoxy) is 1. The average molecular weight is 218 g/mol. The molecule has 0 saturated heterocycles. The minimum atomic E-state index is 0.324. The van der Waals surface area contributed by atoms with Crippen molar-refractivity contribution in [3.05, 3.63) is 30.5 Å². The summed E-state index contributed by atoms with van der Waals surface area (Å²) >= 11 is 0. The summed E-state index contributed by atoms with van der Waals surface area (Å²) in [4.78, 5) is 4.15. The van der Waals surface area contributed by atoms with E-state index in [9.17, 15) is 0 Å². The minimum absolute atomic E-state index is 0.324. The maximum absolute atomic E-state index is 5.01. The Morgan fingerprint density at radius 2 is 2.12 bits per heavy atom. The lowest BCUT2D eigenvalue weighted by atomic mass is 10.2. The van der Waals surface area contributed by atoms with Crippen molar-refractivity contribution in [2.75, 3.05) is 7.11 Å². The van der Waals surface area contributed by atoms with E-state index >= 15 is 0 Å². The summed E-state index contributed by atoms with van der Waals surface area (Å²) in [5.74, 6) is 1.85. The molecular weight excluding hydrogens is 204 g/mol. The Balaban J connectivity index is 2.38. The summed E-state index contributed by atoms with van der Waals surface area (Å²) < 4.78 is 6.94. The van der Waals surface area contributed by atoms with Gasteiger partial charge in [-0.2, -0.15) is 0 Å². The molecule has 0 fully saturated rings. The topological polar surface area (TPSA) is 52.8 Å². The van der Waals surface area contributed by atoms with Crippen LogP contribution in [0.2, 0.25) is 0 Å². The van der Waals surface area contributed by atoms with Gasteiger partial charge in [0.1, 0.15) is 12.2 Å². The van der Waals surface area contributed by atoms with Gasteiger partial charge >= 0.3 is 0 Å². The van der Waals surface area contributed by atoms with Gasteiger partial charge in [0.15, 0.2) is 0 Å². The lowest BCUT2D eigenvalue weighted by Gasteiger charge is -2.08. The van der Waals surface area contributed by atoms with Crippen LogP contribution in [0.3, 0.4) is 0 Å². The van der Waals surface area contributed by atoms with Crippen LogP contribution >= 0.6 is 0 Å². The number of pyridine rings is 1. The van der Waals surface area contributed by atoms with E-state index in [-0.39, 0.29) is 0 Å². The molecule has 5 heteroatoms. The molecule has 0 bridgehead atoms. The first-order chi connectivity index (χ1) is 7.72. The molecule has 0 saturated carbocycles. The van der Waals surface area contributed by atoms with E-state index in [1.807, 2.05) is 16.7 Å². The molecule has 2 aromatic heterocycles. The Labute approximate surface area is 94.1 Å². The minimum Gasteiger partial charge on any atom is -0.481 e. The first kappa shape index (κ1) is 10.6. The molecule has 0 atom stereocenters. The normalized spacial score (nSPS) is 10.8. The molecule has 0 spiro atoms. The van der Waals surface area contributed by atoms with Crippen molar-refractivity contribution in [3.63, 3.8) is 0 Å². The van der Waals surface area contributed by atoms with Crippen LogP contribution in [0.5, 0.6) is 5.88 Å². The third-order valence-corrected chi connectivity index (χ3v) is 2.30. The fraction of sp³-hybridized carbons (Fsp3) is 0.364. The number of hydrogen-bond donors (Lipinski definition) is 0. The van der Waals surface area contributed by atoms with Crippen LogP contribution in [0.15, 0.2) is 24.7 Å². The van der Waals surface area contributed by atoms with Gasteiger partial charge in [-0.05, 0) is 6.07 Å². The van der Waals surface area contributed by atoms with Gasteiger partial charge < -0.3 is 4.74 Å². The van der Waals surface area contributed by atoms with Crippen LogP contribution in [-0.4, -0.2) is 26.9 Å². The van der Waals surface area contributed by atoms with Gasteiger partial charge in [0.25, 0.3) is 0 Å². The second-order valence-corrected chi connectivity index (χ2v) is 3.77. The molecule has 2 aromatic rings. The Kier molecular flexibility index (Phi) is 2.85. The number of aromatic nitrogens is 4. The van der Waals surface area contributed by atoms with Crippen LogP contribution in [0.25, 0.3) is 5.69 Å². The Morgan fingerprint density at radius 1 is 1.31 bits per heavy atom. The molecule has 2 rings (SSSR count). The summed E-state index contributed by atoms with van der Waals surface area (Å²) in [5, 5.41) is 8.00. The van der Waals surface area contributed by atoms with Gasteiger partial charge in [0.05, 0.1) is 19.0 Å². The molecule has 84 valence electrons. The maximum Gasteiger partial charge on any atom is 0.213 e. The molecule has 0 amide bonds. The largest absolute Gasteiger partial charge is 0.481 e. The van der Waals surface area contributed by atoms with Crippen LogP contribution in [0.1, 0.15) is 25.6 Å². The summed E-state index contributed by atoms with van der Waals surface area (Å²) in [5.41, 5.74) is 0.939. The second kappa shape index (κ2) is 4.30. The Bertz CT molecular complexity index is 461. The summed E-state index contributed by atoms with van der Waals surface area (Å²) in [7, 11) is 1.60. The van der Waals surface area contributed by atoms with E-state index in [0.29, 0.717) is 11.8 Å². The highest BCUT2D eigenvalue weighted by molar-refractivity contribution is 5.32. The third-order valence-electron chi connectivity index (χ3n) is 2.30. The lowest BCUT2D eigenvalue weighted by molar-refractivity contribution is 0.398. The summed E-state index contributed by atoms with van der Waals surface area (Å²) in [6.45, 7) is 4.16. The predicted molar refractivity (Wildman–Crippen MR) is 59.8 cm³/mol. The van der Waals surface area contributed by atoms with Crippen molar-refractivity contribution in [1.29, 1.82) is 0 Å². The van der Waals surface area contributed by atoms with E-state index in [1.165, 1.54) is 0 Å². The Morgan fingerprint density at radius 3 is 2.69 bits per heavy atom. The molecule has 0 aromatic carbocycles. The van der Waals surface area contributed by atoms with Crippen molar-refractivity contribution in [2.45, 2.75) is 19.8 Å². The van der Waals surface area contributed by atoms with Crippen molar-refractivity contribution >= 4 is 0 Å². The van der Waals surface area contributed by atoms with Gasteiger partial charge in [-0.25, -0.2) is 4.98 Å². The van der Waals surface area contributed by atoms with Crippen LogP contribution < -0.4 is 4.74 Å². The monoisotopic (exact) mass is 218 g/mol. The van der Waals surface area contributed by atoms with Crippen LogP contribution in [0, 0.1) is 0 Å². The van der Waals surface area contributed by atoms with Gasteiger partial charge in [-0.1, -0.05) is 13.8 Å². The van der Waals surface area contributed by atoms with Crippen molar-refractivity contribution in [3.8, 4) is 11.6 Å². The number of rotatable bonds is 3. The van der Waals surface area contributed by atoms with Crippen molar-refractivity contribution < 1.29 is 4.74 Å². The van der Waals surface area contributed by atoms with E-state index < -0.39 is 0 Å². The number of hydrogen-bond acceptors (Lipinski definition) is 4. The maximum atomic E-state index is 5.01. The SMILES string of the molecule is COc1ccc(-n2cnnc2C(C)C)cn1. The highest BCUT2D eigenvalue weighted by atomic mass is 16.5. The molecule has 0 aliphatic rings. The van der Waals surface area contributed by atoms with E-state index in [1.54, 1.807) is 19.6 Å². The van der Waals surface area contributed by atoms with Crippen LogP contribution in [-0.2, 0) is 0 Å². The van der Waals surface area contributed by atoms with E-state index in [4.69, 9.17) is 4.74 Å². The molecule has 5 nitrogen and oxygen atoms in total. The molecule has 0 radical (unpaired) electrons. The first-order valence-electron chi connectivity index (χ1n) is 5.12. The lowest BCUT2D eigenvalue weighted by Crippen LogP contribution is -2.02. The first-order valence-corrected chi connectivity index (χ1v) is 5.12. The summed E-state index contributed by atoms with van der Waals surface area (Å²) in [6, 6.07) is 3.75. The molecule has 0 aliphatic heterocycles. The smallest absolute Gasteiger partial charge is 0.213 e. The Hall–Kier alpha value is -1.91. The number of methoxy groups -OCH3 is 1. The molecule has 0 unspecified atom stereocenters. The quantitative estimate of drug-likeness (QED) is 0.788. The summed E-state index contributed by atoms with van der Waals surface area (Å²) in [6.07, 6.45) is 3.44. The van der Waals surface area contributed by atoms with Gasteiger partial charge in [0.2, 0.25) is 5.88 Å². The standard InChI is InChI=1S/C11H14N4O/c1-8(2)11-14-13-7-15(11)9-4-5-10(16-3)12-6-9/h4-8H,1-3H3. The van der Waals surface area contributed by atoms with E-state index in [2.05, 4.69) is 29.0 Å². The molecule has 2 heterocycles. The molecular formula is C11H14N4O. The second-order valence-electron chi connectivity index (χ2n) is 3.77. The molecule has 16 heavy (non-hydrogen) atoms. The van der Waals surface area contributed by atoms with Gasteiger partial charge in [0, 0.05) is 12.0 Å². The van der Waals surface area contributed by atoms with Crippen molar-refractivity contribution in [1.82, 2.24) is 19.7 Å². The highest BCUT2D eigenvalue weighted by Gasteiger charge is 2.10. The van der Waals surface area contributed by atoms with Gasteiger partial charge in [-0.15, -0.1) is 10.2 Å². The third kappa shape index (κ3) is 1.88. The van der Waals surface area contributed by atoms with Crippen molar-refractivity contribution in [2.24, 2.45) is 0 Å². The predicted octanol–water partition coefficient (Wildman–Crippen LogP) is 1.79. The highest BCUT2D eigenvalue weighted by Crippen LogP contribution is 2.17. The fourth-order valence-corrected chi connectivity index (χ4v) is 1.47. The van der Waals surface area contributed by atoms with Crippen LogP contribution in [0.4, 0.5) is 0 Å². The zero-order valence-electron chi connectivity index (χ0n) is 9.58. The van der Waals surface area contributed by atoms with E-state index in [0.717, 1.165) is 11.5 Å².